The van der Waals surface area contributed by atoms with Crippen LogP contribution in [0.4, 0.5) is 10.3 Å². The highest BCUT2D eigenvalue weighted by molar-refractivity contribution is 7.35. The van der Waals surface area contributed by atoms with Gasteiger partial charge >= 0.3 is 0 Å². The van der Waals surface area contributed by atoms with Crippen molar-refractivity contribution in [2.75, 3.05) is 0 Å². The van der Waals surface area contributed by atoms with Crippen LogP contribution in [0, 0.1) is 23.7 Å². The summed E-state index contributed by atoms with van der Waals surface area (Å²) >= 11 is 5.81. The summed E-state index contributed by atoms with van der Waals surface area (Å²) in [7, 11) is 0. The van der Waals surface area contributed by atoms with Gasteiger partial charge < -0.3 is 4.74 Å². The van der Waals surface area contributed by atoms with Crippen LogP contribution >= 0.6 is 45.3 Å². The van der Waals surface area contributed by atoms with E-state index in [4.69, 9.17) is 14.7 Å². The summed E-state index contributed by atoms with van der Waals surface area (Å²) in [5, 5.41) is 0.837. The second-order valence-corrected chi connectivity index (χ2v) is 16.8. The molecule has 5 aliphatic rings. The third-order valence-electron chi connectivity index (χ3n) is 9.83. The Labute approximate surface area is 267 Å². The first kappa shape index (κ1) is 27.3. The largest absolute Gasteiger partial charge is 0.480 e. The van der Waals surface area contributed by atoms with Gasteiger partial charge in [0, 0.05) is 29.2 Å². The molecule has 0 amide bonds. The molecule has 4 aromatic rings. The maximum atomic E-state index is 13.0. The number of hydrogen-bond donors (Lipinski definition) is 0. The topological polar surface area (TPSA) is 128 Å². The van der Waals surface area contributed by atoms with E-state index in [9.17, 15) is 19.2 Å². The van der Waals surface area contributed by atoms with Gasteiger partial charge in [-0.05, 0) is 39.5 Å². The fourth-order valence-electron chi connectivity index (χ4n) is 7.75. The smallest absolute Gasteiger partial charge is 0.212 e. The lowest BCUT2D eigenvalue weighted by Gasteiger charge is -2.31. The van der Waals surface area contributed by atoms with Crippen molar-refractivity contribution < 1.29 is 23.9 Å². The first-order valence-corrected chi connectivity index (χ1v) is 18.4. The van der Waals surface area contributed by atoms with Crippen molar-refractivity contribution in [1.29, 1.82) is 0 Å². The van der Waals surface area contributed by atoms with E-state index in [1.165, 1.54) is 34.0 Å². The Morgan fingerprint density at radius 1 is 0.636 bits per heavy atom. The fourth-order valence-corrected chi connectivity index (χ4v) is 12.7. The van der Waals surface area contributed by atoms with Crippen molar-refractivity contribution >= 4 is 109 Å². The highest BCUT2D eigenvalue weighted by Gasteiger charge is 2.49. The number of nitrogens with zero attached hydrogens (tertiary/aromatic N) is 4. The summed E-state index contributed by atoms with van der Waals surface area (Å²) in [5.74, 6) is -0.629. The first-order valence-electron chi connectivity index (χ1n) is 15.1. The van der Waals surface area contributed by atoms with E-state index < -0.39 is 5.60 Å². The molecule has 4 aliphatic carbocycles. The number of carbonyl (C=O) groups is 4. The lowest BCUT2D eigenvalue weighted by Crippen LogP contribution is -2.27. The van der Waals surface area contributed by atoms with Crippen molar-refractivity contribution in [3.63, 3.8) is 0 Å². The zero-order valence-electron chi connectivity index (χ0n) is 23.9. The Kier molecular flexibility index (Phi) is 5.90. The molecule has 0 N–H and O–H groups in total. The van der Waals surface area contributed by atoms with E-state index >= 15 is 0 Å². The average Bonchev–Trinajstić information content (AvgIpc) is 3.82. The monoisotopic (exact) mass is 662 g/mol. The third kappa shape index (κ3) is 3.78. The zero-order chi connectivity index (χ0) is 30.1. The van der Waals surface area contributed by atoms with E-state index in [2.05, 4.69) is 9.98 Å². The maximum absolute atomic E-state index is 13.0. The molecule has 9 rings (SSSR count). The van der Waals surface area contributed by atoms with Crippen molar-refractivity contribution in [2.45, 2.75) is 70.8 Å². The average molecular weight is 663 g/mol. The molecular formula is C31H26N4O5S4. The fraction of sp³-hybridized carbons (Fsp3) is 0.484. The van der Waals surface area contributed by atoms with Crippen LogP contribution in [0.2, 0.25) is 0 Å². The Bertz CT molecular complexity index is 2010. The molecule has 4 saturated carbocycles. The van der Waals surface area contributed by atoms with E-state index in [0.29, 0.717) is 10.3 Å². The second-order valence-electron chi connectivity index (χ2n) is 12.8. The highest BCUT2D eigenvalue weighted by Crippen LogP contribution is 2.60. The van der Waals surface area contributed by atoms with Gasteiger partial charge in [-0.3, -0.25) is 19.2 Å². The van der Waals surface area contributed by atoms with E-state index in [1.807, 2.05) is 13.8 Å². The maximum Gasteiger partial charge on any atom is 0.212 e. The van der Waals surface area contributed by atoms with Crippen molar-refractivity contribution in [1.82, 2.24) is 9.97 Å². The minimum atomic E-state index is -0.692. The van der Waals surface area contributed by atoms with Gasteiger partial charge in [-0.1, -0.05) is 48.4 Å². The van der Waals surface area contributed by atoms with Crippen LogP contribution in [-0.4, -0.2) is 44.5 Å². The van der Waals surface area contributed by atoms with Crippen molar-refractivity contribution in [3.8, 4) is 15.5 Å². The highest BCUT2D eigenvalue weighted by atomic mass is 32.1. The van der Waals surface area contributed by atoms with Crippen LogP contribution in [0.15, 0.2) is 9.98 Å². The molecule has 4 atom stereocenters. The summed E-state index contributed by atoms with van der Waals surface area (Å²) < 4.78 is 8.46. The number of ketones is 4. The van der Waals surface area contributed by atoms with Crippen LogP contribution in [0.25, 0.3) is 28.8 Å². The number of aromatic nitrogens is 2. The minimum Gasteiger partial charge on any atom is -0.480 e. The van der Waals surface area contributed by atoms with E-state index in [-0.39, 0.29) is 58.2 Å². The summed E-state index contributed by atoms with van der Waals surface area (Å²) in [6.07, 6.45) is 6.98. The molecule has 13 heteroatoms. The quantitative estimate of drug-likeness (QED) is 0.219. The molecule has 0 bridgehead atoms. The third-order valence-corrected chi connectivity index (χ3v) is 14.3. The molecule has 44 heavy (non-hydrogen) atoms. The minimum absolute atomic E-state index is 0.0597. The molecular weight excluding hydrogens is 637 g/mol. The van der Waals surface area contributed by atoms with Crippen LogP contribution < -0.4 is 4.74 Å². The lowest BCUT2D eigenvalue weighted by molar-refractivity contribution is -0.120. The number of rotatable bonds is 2. The number of carbonyl (C=O) groups excluding carboxylic acids is 4. The predicted molar refractivity (Wildman–Crippen MR) is 173 cm³/mol. The van der Waals surface area contributed by atoms with Crippen LogP contribution in [0.5, 0.6) is 5.75 Å². The summed E-state index contributed by atoms with van der Waals surface area (Å²) in [5.41, 5.74) is 0.455. The Morgan fingerprint density at radius 2 is 1.07 bits per heavy atom. The molecule has 0 saturated heterocycles. The second kappa shape index (κ2) is 9.51. The normalized spacial score (nSPS) is 27.5. The van der Waals surface area contributed by atoms with E-state index in [0.717, 1.165) is 91.5 Å². The summed E-state index contributed by atoms with van der Waals surface area (Å²) in [4.78, 5) is 74.1. The Balaban J connectivity index is 1.08. The molecule has 0 radical (unpaired) electrons. The molecule has 4 unspecified atom stereocenters. The SMILES string of the molecule is CC1(C)Oc2c(sc3nc(N=C4C(=O)C5CCCCC5C4=O)sc23)-c2sc3nc(N=C4C(=O)C5CCCCC5C4=O)sc3c21. The number of ether oxygens (including phenoxy) is 1. The van der Waals surface area contributed by atoms with Crippen molar-refractivity contribution in [2.24, 2.45) is 33.7 Å². The van der Waals surface area contributed by atoms with Gasteiger partial charge in [-0.2, -0.15) is 0 Å². The number of fused-ring (bicyclic) bond motifs is 9. The zero-order valence-corrected chi connectivity index (χ0v) is 27.2. The Morgan fingerprint density at radius 3 is 1.57 bits per heavy atom. The molecule has 1 aliphatic heterocycles. The first-order chi connectivity index (χ1) is 21.2. The molecule has 5 heterocycles. The van der Waals surface area contributed by atoms with Crippen LogP contribution in [0.3, 0.4) is 0 Å². The summed E-state index contributed by atoms with van der Waals surface area (Å²) in [6, 6.07) is 0. The van der Waals surface area contributed by atoms with Gasteiger partial charge in [0.25, 0.3) is 0 Å². The molecule has 4 fully saturated rings. The predicted octanol–water partition coefficient (Wildman–Crippen LogP) is 7.38. The molecule has 224 valence electrons. The van der Waals surface area contributed by atoms with Gasteiger partial charge in [-0.15, -0.1) is 22.7 Å². The number of hydrogen-bond acceptors (Lipinski definition) is 13. The van der Waals surface area contributed by atoms with Gasteiger partial charge in [-0.25, -0.2) is 20.0 Å². The van der Waals surface area contributed by atoms with Gasteiger partial charge in [0.2, 0.25) is 10.3 Å². The molecule has 0 spiro atoms. The molecule has 4 aromatic heterocycles. The number of thiophene rings is 2. The number of thiazole rings is 2. The van der Waals surface area contributed by atoms with Crippen molar-refractivity contribution in [3.05, 3.63) is 5.56 Å². The van der Waals surface area contributed by atoms with Gasteiger partial charge in [0.1, 0.15) is 20.0 Å². The van der Waals surface area contributed by atoms with Crippen LogP contribution in [-0.2, 0) is 24.8 Å². The van der Waals surface area contributed by atoms with E-state index in [1.54, 1.807) is 11.3 Å². The van der Waals surface area contributed by atoms with Crippen LogP contribution in [0.1, 0.15) is 70.8 Å². The standard InChI is InChI=1S/C31H26N4O5S4/c1-31(2)15-23(41-27-24(15)43-29(34-27)32-16-18(36)11-7-3-4-8-12(11)19(16)37)25-22(40-31)26-28(42-25)35-30(44-26)33-17-20(38)13-9-5-6-10-14(13)21(17)39/h11-14H,3-10H2,1-2H3. The number of Topliss-reactive ketones (excluding diaryl/α,β-unsaturated/α-hetero) is 4. The number of aliphatic imine (C=N–C) groups is 2. The molecule has 0 aromatic carbocycles. The molecule has 9 nitrogen and oxygen atoms in total. The van der Waals surface area contributed by atoms with Gasteiger partial charge in [0.15, 0.2) is 40.3 Å². The lowest BCUT2D eigenvalue weighted by atomic mass is 9.81. The summed E-state index contributed by atoms with van der Waals surface area (Å²) in [6.45, 7) is 4.04. The van der Waals surface area contributed by atoms with Gasteiger partial charge in [0.05, 0.1) is 14.5 Å². The Hall–Kier alpha value is -3.00.